The molecular weight excluding hydrogens is 404 g/mol. The van der Waals surface area contributed by atoms with E-state index < -0.39 is 0 Å². The summed E-state index contributed by atoms with van der Waals surface area (Å²) in [4.78, 5) is 4.23. The maximum atomic E-state index is 6.17. The number of hydrogen-bond acceptors (Lipinski definition) is 5. The highest BCUT2D eigenvalue weighted by atomic mass is 35.5. The average Bonchev–Trinajstić information content (AvgIpc) is 3.16. The van der Waals surface area contributed by atoms with Gasteiger partial charge in [0.2, 0.25) is 0 Å². The van der Waals surface area contributed by atoms with E-state index in [9.17, 15) is 0 Å². The molecule has 0 fully saturated rings. The molecule has 4 rings (SSSR count). The summed E-state index contributed by atoms with van der Waals surface area (Å²) in [7, 11) is 1.66. The highest BCUT2D eigenvalue weighted by Crippen LogP contribution is 2.31. The average molecular weight is 423 g/mol. The highest BCUT2D eigenvalue weighted by Gasteiger charge is 2.16. The van der Waals surface area contributed by atoms with Gasteiger partial charge in [0.05, 0.1) is 13.7 Å². The van der Waals surface area contributed by atoms with Gasteiger partial charge in [0.15, 0.2) is 11.0 Å². The summed E-state index contributed by atoms with van der Waals surface area (Å²) in [5.74, 6) is 2.27. The molecule has 5 nitrogen and oxygen atoms in total. The SMILES string of the molecule is COc1ccc(Cl)cc1CSc1nnc(-c2cccnc2)n1Cc1ccccc1. The van der Waals surface area contributed by atoms with Crippen LogP contribution in [0.5, 0.6) is 5.75 Å². The van der Waals surface area contributed by atoms with E-state index in [1.54, 1.807) is 31.3 Å². The number of hydrogen-bond donors (Lipinski definition) is 0. The Balaban J connectivity index is 1.66. The number of aromatic nitrogens is 4. The second-order valence-corrected chi connectivity index (χ2v) is 7.74. The molecule has 0 atom stereocenters. The lowest BCUT2D eigenvalue weighted by Crippen LogP contribution is -2.04. The second-order valence-electron chi connectivity index (χ2n) is 6.36. The molecule has 2 aromatic heterocycles. The predicted molar refractivity (Wildman–Crippen MR) is 116 cm³/mol. The normalized spacial score (nSPS) is 10.8. The van der Waals surface area contributed by atoms with E-state index in [0.29, 0.717) is 17.3 Å². The van der Waals surface area contributed by atoms with Gasteiger partial charge in [0, 0.05) is 34.3 Å². The van der Waals surface area contributed by atoms with Gasteiger partial charge in [-0.3, -0.25) is 9.55 Å². The summed E-state index contributed by atoms with van der Waals surface area (Å²) < 4.78 is 7.59. The number of benzene rings is 2. The van der Waals surface area contributed by atoms with Crippen molar-refractivity contribution >= 4 is 23.4 Å². The molecule has 0 bridgehead atoms. The summed E-state index contributed by atoms with van der Waals surface area (Å²) in [6.45, 7) is 0.674. The molecule has 0 amide bonds. The first-order chi connectivity index (χ1) is 14.2. The quantitative estimate of drug-likeness (QED) is 0.376. The van der Waals surface area contributed by atoms with Crippen molar-refractivity contribution in [3.8, 4) is 17.1 Å². The number of halogens is 1. The Morgan fingerprint density at radius 3 is 2.66 bits per heavy atom. The molecule has 0 N–H and O–H groups in total. The van der Waals surface area contributed by atoms with Gasteiger partial charge in [-0.1, -0.05) is 53.7 Å². The minimum Gasteiger partial charge on any atom is -0.496 e. The minimum atomic E-state index is 0.670. The molecule has 0 unspecified atom stereocenters. The summed E-state index contributed by atoms with van der Waals surface area (Å²) in [6, 6.07) is 19.8. The molecule has 0 saturated carbocycles. The zero-order chi connectivity index (χ0) is 20.1. The summed E-state index contributed by atoms with van der Waals surface area (Å²) >= 11 is 7.78. The third-order valence-corrected chi connectivity index (χ3v) is 5.67. The molecule has 146 valence electrons. The molecule has 4 aromatic rings. The van der Waals surface area contributed by atoms with Crippen molar-refractivity contribution < 1.29 is 4.74 Å². The van der Waals surface area contributed by atoms with Crippen LogP contribution >= 0.6 is 23.4 Å². The number of ether oxygens (including phenoxy) is 1. The number of rotatable bonds is 7. The van der Waals surface area contributed by atoms with Crippen molar-refractivity contribution in [2.24, 2.45) is 0 Å². The van der Waals surface area contributed by atoms with E-state index in [1.165, 1.54) is 5.56 Å². The van der Waals surface area contributed by atoms with Gasteiger partial charge in [0.25, 0.3) is 0 Å². The Morgan fingerprint density at radius 2 is 1.90 bits per heavy atom. The van der Waals surface area contributed by atoms with Crippen molar-refractivity contribution in [3.05, 3.63) is 89.2 Å². The Hall–Kier alpha value is -2.83. The lowest BCUT2D eigenvalue weighted by atomic mass is 10.2. The van der Waals surface area contributed by atoms with Crippen LogP contribution in [0.15, 0.2) is 78.2 Å². The molecule has 0 radical (unpaired) electrons. The Kier molecular flexibility index (Phi) is 6.12. The monoisotopic (exact) mass is 422 g/mol. The minimum absolute atomic E-state index is 0.670. The molecule has 0 aliphatic rings. The van der Waals surface area contributed by atoms with Crippen molar-refractivity contribution in [2.45, 2.75) is 17.5 Å². The van der Waals surface area contributed by atoms with Gasteiger partial charge in [-0.15, -0.1) is 10.2 Å². The molecule has 0 aliphatic carbocycles. The second kappa shape index (κ2) is 9.11. The van der Waals surface area contributed by atoms with Crippen LogP contribution in [0, 0.1) is 0 Å². The van der Waals surface area contributed by atoms with Crippen LogP contribution in [-0.4, -0.2) is 26.9 Å². The van der Waals surface area contributed by atoms with E-state index in [4.69, 9.17) is 16.3 Å². The zero-order valence-electron chi connectivity index (χ0n) is 15.8. The zero-order valence-corrected chi connectivity index (χ0v) is 17.4. The summed E-state index contributed by atoms with van der Waals surface area (Å²) in [5.41, 5.74) is 3.13. The molecule has 0 aliphatic heterocycles. The number of nitrogens with zero attached hydrogens (tertiary/aromatic N) is 4. The number of thioether (sulfide) groups is 1. The van der Waals surface area contributed by atoms with Crippen LogP contribution < -0.4 is 4.74 Å². The summed E-state index contributed by atoms with van der Waals surface area (Å²) in [6.07, 6.45) is 3.56. The van der Waals surface area contributed by atoms with E-state index in [2.05, 4.69) is 31.9 Å². The fourth-order valence-electron chi connectivity index (χ4n) is 3.01. The smallest absolute Gasteiger partial charge is 0.192 e. The number of pyridine rings is 1. The predicted octanol–water partition coefficient (Wildman–Crippen LogP) is 5.34. The van der Waals surface area contributed by atoms with E-state index in [-0.39, 0.29) is 0 Å². The van der Waals surface area contributed by atoms with Crippen molar-refractivity contribution in [3.63, 3.8) is 0 Å². The fraction of sp³-hybridized carbons (Fsp3) is 0.136. The van der Waals surface area contributed by atoms with Gasteiger partial charge in [-0.05, 0) is 35.9 Å². The van der Waals surface area contributed by atoms with E-state index in [0.717, 1.165) is 27.9 Å². The Labute approximate surface area is 178 Å². The Bertz CT molecular complexity index is 1090. The summed E-state index contributed by atoms with van der Waals surface area (Å²) in [5, 5.41) is 10.4. The van der Waals surface area contributed by atoms with Crippen LogP contribution in [0.1, 0.15) is 11.1 Å². The van der Waals surface area contributed by atoms with Crippen LogP contribution in [0.4, 0.5) is 0 Å². The first-order valence-electron chi connectivity index (χ1n) is 9.07. The van der Waals surface area contributed by atoms with Gasteiger partial charge in [0.1, 0.15) is 5.75 Å². The van der Waals surface area contributed by atoms with Gasteiger partial charge < -0.3 is 4.74 Å². The van der Waals surface area contributed by atoms with Crippen molar-refractivity contribution in [2.75, 3.05) is 7.11 Å². The van der Waals surface area contributed by atoms with Gasteiger partial charge >= 0.3 is 0 Å². The first kappa shape index (κ1) is 19.5. The molecule has 0 saturated heterocycles. The van der Waals surface area contributed by atoms with Crippen LogP contribution in [0.2, 0.25) is 5.02 Å². The van der Waals surface area contributed by atoms with Gasteiger partial charge in [-0.25, -0.2) is 0 Å². The molecule has 2 aromatic carbocycles. The fourth-order valence-corrected chi connectivity index (χ4v) is 4.13. The van der Waals surface area contributed by atoms with Crippen LogP contribution in [0.25, 0.3) is 11.4 Å². The third kappa shape index (κ3) is 4.60. The van der Waals surface area contributed by atoms with Crippen LogP contribution in [0.3, 0.4) is 0 Å². The topological polar surface area (TPSA) is 52.8 Å². The molecule has 7 heteroatoms. The Morgan fingerprint density at radius 1 is 1.03 bits per heavy atom. The molecule has 0 spiro atoms. The molecule has 2 heterocycles. The lowest BCUT2D eigenvalue weighted by Gasteiger charge is -2.12. The largest absolute Gasteiger partial charge is 0.496 e. The highest BCUT2D eigenvalue weighted by molar-refractivity contribution is 7.98. The molecular formula is C22H19ClN4OS. The standard InChI is InChI=1S/C22H19ClN4OS/c1-28-20-10-9-19(23)12-18(20)15-29-22-26-25-21(17-8-5-11-24-13-17)27(22)14-16-6-3-2-4-7-16/h2-13H,14-15H2,1H3. The number of methoxy groups -OCH3 is 1. The van der Waals surface area contributed by atoms with E-state index >= 15 is 0 Å². The lowest BCUT2D eigenvalue weighted by molar-refractivity contribution is 0.411. The molecule has 29 heavy (non-hydrogen) atoms. The first-order valence-corrected chi connectivity index (χ1v) is 10.4. The van der Waals surface area contributed by atoms with Crippen molar-refractivity contribution in [1.29, 1.82) is 0 Å². The van der Waals surface area contributed by atoms with Gasteiger partial charge in [-0.2, -0.15) is 0 Å². The maximum absolute atomic E-state index is 6.17. The van der Waals surface area contributed by atoms with Crippen molar-refractivity contribution in [1.82, 2.24) is 19.7 Å². The third-order valence-electron chi connectivity index (χ3n) is 4.42. The van der Waals surface area contributed by atoms with Crippen LogP contribution in [-0.2, 0) is 12.3 Å². The van der Waals surface area contributed by atoms with E-state index in [1.807, 2.05) is 48.5 Å². The maximum Gasteiger partial charge on any atom is 0.192 e.